The van der Waals surface area contributed by atoms with Crippen LogP contribution in [-0.2, 0) is 11.2 Å². The number of aromatic nitrogens is 1. The minimum atomic E-state index is -0.392. The van der Waals surface area contributed by atoms with Crippen LogP contribution in [0.3, 0.4) is 0 Å². The molecule has 0 bridgehead atoms. The molecule has 2 aromatic rings. The van der Waals surface area contributed by atoms with Gasteiger partial charge in [-0.2, -0.15) is 0 Å². The van der Waals surface area contributed by atoms with Crippen LogP contribution in [-0.4, -0.2) is 78.8 Å². The summed E-state index contributed by atoms with van der Waals surface area (Å²) in [6.45, 7) is 3.57. The number of hydrogen-bond donors (Lipinski definition) is 3. The molecule has 3 heterocycles. The minimum Gasteiger partial charge on any atom is -0.497 e. The fourth-order valence-electron chi connectivity index (χ4n) is 3.99. The molecule has 4 N–H and O–H groups in total. The van der Waals surface area contributed by atoms with Crippen molar-refractivity contribution in [3.8, 4) is 5.75 Å². The molecule has 10 heteroatoms. The maximum Gasteiger partial charge on any atom is 0.322 e. The number of urea groups is 1. The predicted molar refractivity (Wildman–Crippen MR) is 118 cm³/mol. The molecular formula is C22H28N6O4. The Bertz CT molecular complexity index is 950. The van der Waals surface area contributed by atoms with Gasteiger partial charge >= 0.3 is 6.03 Å². The maximum atomic E-state index is 13.2. The van der Waals surface area contributed by atoms with E-state index in [-0.39, 0.29) is 12.1 Å². The third-order valence-electron chi connectivity index (χ3n) is 5.90. The number of hydrogen-bond acceptors (Lipinski definition) is 7. The van der Waals surface area contributed by atoms with Crippen molar-refractivity contribution in [3.05, 3.63) is 53.9 Å². The van der Waals surface area contributed by atoms with Crippen LogP contribution in [0.5, 0.6) is 5.75 Å². The first-order valence-electron chi connectivity index (χ1n) is 10.6. The second-order valence-electron chi connectivity index (χ2n) is 7.91. The molecule has 2 saturated heterocycles. The summed E-state index contributed by atoms with van der Waals surface area (Å²) in [5, 5.41) is 2.98. The number of methoxy groups -OCH3 is 1. The number of nitrogen functional groups attached to an aromatic ring is 1. The van der Waals surface area contributed by atoms with Gasteiger partial charge in [0.1, 0.15) is 5.75 Å². The van der Waals surface area contributed by atoms with Crippen molar-refractivity contribution >= 4 is 17.6 Å². The lowest BCUT2D eigenvalue weighted by molar-refractivity contribution is -0.0812. The molecule has 2 aliphatic rings. The summed E-state index contributed by atoms with van der Waals surface area (Å²) in [6.07, 6.45) is 2.07. The number of benzene rings is 1. The molecule has 0 saturated carbocycles. The Morgan fingerprint density at radius 3 is 2.75 bits per heavy atom. The van der Waals surface area contributed by atoms with Crippen LogP contribution in [0.2, 0.25) is 0 Å². The molecule has 3 amide bonds. The van der Waals surface area contributed by atoms with Gasteiger partial charge in [0, 0.05) is 49.7 Å². The first-order chi connectivity index (χ1) is 15.6. The summed E-state index contributed by atoms with van der Waals surface area (Å²) in [6, 6.07) is 10.9. The predicted octanol–water partition coefficient (Wildman–Crippen LogP) is 0.853. The normalized spacial score (nSPS) is 19.2. The molecule has 2 aliphatic heterocycles. The lowest BCUT2D eigenvalue weighted by Gasteiger charge is -2.46. The quantitative estimate of drug-likeness (QED) is 0.346. The first-order valence-corrected chi connectivity index (χ1v) is 10.6. The molecule has 4 rings (SSSR count). The van der Waals surface area contributed by atoms with Crippen molar-refractivity contribution in [1.29, 1.82) is 0 Å². The summed E-state index contributed by atoms with van der Waals surface area (Å²) in [5.41, 5.74) is 3.97. The molecular weight excluding hydrogens is 412 g/mol. The highest BCUT2D eigenvalue weighted by Gasteiger charge is 2.36. The Morgan fingerprint density at radius 2 is 2.09 bits per heavy atom. The van der Waals surface area contributed by atoms with Crippen molar-refractivity contribution in [2.24, 2.45) is 5.84 Å². The third kappa shape index (κ3) is 4.98. The Kier molecular flexibility index (Phi) is 6.84. The summed E-state index contributed by atoms with van der Waals surface area (Å²) < 4.78 is 10.6. The molecule has 0 radical (unpaired) electrons. The highest BCUT2D eigenvalue weighted by molar-refractivity contribution is 5.93. The fourth-order valence-corrected chi connectivity index (χ4v) is 3.99. The lowest BCUT2D eigenvalue weighted by Crippen LogP contribution is -2.62. The summed E-state index contributed by atoms with van der Waals surface area (Å²) in [5.74, 6) is 5.47. The van der Waals surface area contributed by atoms with E-state index in [1.165, 1.54) is 6.20 Å². The Labute approximate surface area is 186 Å². The topological polar surface area (TPSA) is 122 Å². The van der Waals surface area contributed by atoms with E-state index in [0.717, 1.165) is 32.0 Å². The Balaban J connectivity index is 1.48. The van der Waals surface area contributed by atoms with E-state index in [1.807, 2.05) is 23.1 Å². The van der Waals surface area contributed by atoms with Crippen LogP contribution in [0, 0.1) is 0 Å². The third-order valence-corrected chi connectivity index (χ3v) is 5.90. The standard InChI is InChI=1S/C22H28N6O4/c1-31-20-4-2-3-17(10-20)25-22(30)28-8-7-27(19-13-32-14-19)12-18(28)9-16-6-5-15(11-24-16)21(29)26-23/h2-6,10-11,18-19H,7-9,12-14,23H2,1H3,(H,25,30)(H,26,29). The number of carbonyl (C=O) groups is 2. The number of ether oxygens (including phenoxy) is 2. The van der Waals surface area contributed by atoms with Crippen molar-refractivity contribution in [2.45, 2.75) is 18.5 Å². The van der Waals surface area contributed by atoms with Crippen molar-refractivity contribution in [3.63, 3.8) is 0 Å². The number of nitrogens with zero attached hydrogens (tertiary/aromatic N) is 3. The van der Waals surface area contributed by atoms with Gasteiger partial charge in [-0.05, 0) is 24.3 Å². The first kappa shape index (κ1) is 22.0. The number of hydrazine groups is 1. The van der Waals surface area contributed by atoms with Gasteiger partial charge < -0.3 is 19.7 Å². The molecule has 1 unspecified atom stereocenters. The van der Waals surface area contributed by atoms with E-state index in [4.69, 9.17) is 15.3 Å². The monoisotopic (exact) mass is 440 g/mol. The number of rotatable bonds is 6. The molecule has 1 aromatic heterocycles. The zero-order valence-electron chi connectivity index (χ0n) is 18.0. The fraction of sp³-hybridized carbons (Fsp3) is 0.409. The van der Waals surface area contributed by atoms with E-state index in [2.05, 4.69) is 20.6 Å². The second kappa shape index (κ2) is 9.94. The average molecular weight is 441 g/mol. The molecule has 170 valence electrons. The summed E-state index contributed by atoms with van der Waals surface area (Å²) >= 11 is 0. The van der Waals surface area contributed by atoms with Crippen LogP contribution in [0.4, 0.5) is 10.5 Å². The molecule has 1 atom stereocenters. The lowest BCUT2D eigenvalue weighted by atomic mass is 10.0. The molecule has 0 spiro atoms. The van der Waals surface area contributed by atoms with Crippen LogP contribution in [0.15, 0.2) is 42.6 Å². The van der Waals surface area contributed by atoms with Crippen molar-refractivity contribution in [1.82, 2.24) is 20.2 Å². The van der Waals surface area contributed by atoms with Gasteiger partial charge in [0.2, 0.25) is 0 Å². The Morgan fingerprint density at radius 1 is 1.25 bits per heavy atom. The second-order valence-corrected chi connectivity index (χ2v) is 7.91. The van der Waals surface area contributed by atoms with Crippen molar-refractivity contribution in [2.75, 3.05) is 45.3 Å². The summed E-state index contributed by atoms with van der Waals surface area (Å²) in [4.78, 5) is 33.5. The number of amides is 3. The average Bonchev–Trinajstić information content (AvgIpc) is 2.78. The number of piperazine rings is 1. The molecule has 2 fully saturated rings. The molecule has 0 aliphatic carbocycles. The highest BCUT2D eigenvalue weighted by atomic mass is 16.5. The van der Waals surface area contributed by atoms with E-state index in [9.17, 15) is 9.59 Å². The largest absolute Gasteiger partial charge is 0.497 e. The highest BCUT2D eigenvalue weighted by Crippen LogP contribution is 2.22. The molecule has 1 aromatic carbocycles. The van der Waals surface area contributed by atoms with E-state index >= 15 is 0 Å². The zero-order valence-corrected chi connectivity index (χ0v) is 18.0. The van der Waals surface area contributed by atoms with E-state index in [0.29, 0.717) is 36.0 Å². The van der Waals surface area contributed by atoms with E-state index < -0.39 is 5.91 Å². The van der Waals surface area contributed by atoms with Gasteiger partial charge in [0.05, 0.1) is 38.0 Å². The van der Waals surface area contributed by atoms with Gasteiger partial charge in [-0.15, -0.1) is 0 Å². The SMILES string of the molecule is COc1cccc(NC(=O)N2CCN(C3COC3)CC2Cc2ccc(C(=O)NN)cn2)c1. The summed E-state index contributed by atoms with van der Waals surface area (Å²) in [7, 11) is 1.59. The van der Waals surface area contributed by atoms with Crippen molar-refractivity contribution < 1.29 is 19.1 Å². The van der Waals surface area contributed by atoms with Crippen LogP contribution in [0.25, 0.3) is 0 Å². The van der Waals surface area contributed by atoms with Crippen LogP contribution < -0.4 is 21.3 Å². The number of nitrogens with one attached hydrogen (secondary N) is 2. The number of pyridine rings is 1. The molecule has 10 nitrogen and oxygen atoms in total. The van der Waals surface area contributed by atoms with Gasteiger partial charge in [-0.25, -0.2) is 10.6 Å². The van der Waals surface area contributed by atoms with Crippen LogP contribution in [0.1, 0.15) is 16.1 Å². The van der Waals surface area contributed by atoms with E-state index in [1.54, 1.807) is 25.3 Å². The van der Waals surface area contributed by atoms with Gasteiger partial charge in [-0.1, -0.05) is 6.07 Å². The number of anilines is 1. The number of carbonyl (C=O) groups excluding carboxylic acids is 2. The van der Waals surface area contributed by atoms with Crippen LogP contribution >= 0.6 is 0 Å². The molecule has 32 heavy (non-hydrogen) atoms. The number of nitrogens with two attached hydrogens (primary N) is 1. The minimum absolute atomic E-state index is 0.0726. The Hall–Kier alpha value is -3.21. The van der Waals surface area contributed by atoms with Gasteiger partial charge in [-0.3, -0.25) is 20.1 Å². The van der Waals surface area contributed by atoms with Gasteiger partial charge in [0.25, 0.3) is 5.91 Å². The zero-order chi connectivity index (χ0) is 22.5. The maximum absolute atomic E-state index is 13.2. The van der Waals surface area contributed by atoms with Gasteiger partial charge in [0.15, 0.2) is 0 Å². The smallest absolute Gasteiger partial charge is 0.322 e.